The molecular weight excluding hydrogens is 226 g/mol. The Morgan fingerprint density at radius 1 is 1.44 bits per heavy atom. The molecule has 0 aliphatic rings. The van der Waals surface area contributed by atoms with Crippen molar-refractivity contribution in [3.05, 3.63) is 29.8 Å². The number of nitrogens with zero attached hydrogens (tertiary/aromatic N) is 1. The van der Waals surface area contributed by atoms with E-state index in [0.29, 0.717) is 10.5 Å². The van der Waals surface area contributed by atoms with Crippen LogP contribution in [0.3, 0.4) is 0 Å². The predicted octanol–water partition coefficient (Wildman–Crippen LogP) is 1.97. The van der Waals surface area contributed by atoms with Gasteiger partial charge in [-0.3, -0.25) is 4.79 Å². The van der Waals surface area contributed by atoms with E-state index in [4.69, 9.17) is 0 Å². The van der Waals surface area contributed by atoms with Crippen molar-refractivity contribution in [2.45, 2.75) is 31.3 Å². The number of benzene rings is 1. The van der Waals surface area contributed by atoms with Crippen LogP contribution in [0.1, 0.15) is 26.3 Å². The number of aliphatic hydroxyl groups is 1. The van der Waals surface area contributed by atoms with Gasteiger partial charge >= 0.3 is 0 Å². The molecule has 1 N–H and O–H groups in total. The zero-order chi connectivity index (χ0) is 12.3. The molecule has 4 nitrogen and oxygen atoms in total. The molecule has 0 atom stereocenters. The number of carbonyl (C=O) groups is 1. The summed E-state index contributed by atoms with van der Waals surface area (Å²) in [5.41, 5.74) is -0.367. The lowest BCUT2D eigenvalue weighted by Gasteiger charge is -2.19. The zero-order valence-corrected chi connectivity index (χ0v) is 10.2. The number of rotatable bonds is 2. The molecule has 0 saturated heterocycles. The normalized spacial score (nSPS) is 13.8. The van der Waals surface area contributed by atoms with Crippen LogP contribution in [0.5, 0.6) is 0 Å². The summed E-state index contributed by atoms with van der Waals surface area (Å²) in [4.78, 5) is 11.1. The van der Waals surface area contributed by atoms with Gasteiger partial charge in [0.2, 0.25) is 5.91 Å². The van der Waals surface area contributed by atoms with E-state index in [2.05, 4.69) is 4.36 Å². The first-order valence-electron chi connectivity index (χ1n) is 4.78. The van der Waals surface area contributed by atoms with Gasteiger partial charge in [0.15, 0.2) is 0 Å². The van der Waals surface area contributed by atoms with Crippen molar-refractivity contribution in [1.29, 1.82) is 0 Å². The molecule has 0 saturated carbocycles. The minimum atomic E-state index is -1.69. The molecule has 5 heteroatoms. The monoisotopic (exact) mass is 240 g/mol. The molecule has 1 amide bonds. The first kappa shape index (κ1) is 12.9. The van der Waals surface area contributed by atoms with E-state index >= 15 is 0 Å². The van der Waals surface area contributed by atoms with Crippen LogP contribution in [0.4, 0.5) is 0 Å². The lowest BCUT2D eigenvalue weighted by Crippen LogP contribution is -2.15. The molecule has 0 spiro atoms. The van der Waals surface area contributed by atoms with E-state index in [1.165, 1.54) is 6.92 Å². The maximum atomic E-state index is 11.6. The summed E-state index contributed by atoms with van der Waals surface area (Å²) in [5.74, 6) is -0.480. The molecule has 0 unspecified atom stereocenters. The van der Waals surface area contributed by atoms with Gasteiger partial charge in [0.1, 0.15) is 0 Å². The second-order valence-electron chi connectivity index (χ2n) is 3.95. The van der Waals surface area contributed by atoms with Crippen molar-refractivity contribution < 1.29 is 14.1 Å². The average molecular weight is 240 g/mol. The first-order chi connectivity index (χ1) is 7.30. The van der Waals surface area contributed by atoms with Crippen LogP contribution in [0.25, 0.3) is 0 Å². The van der Waals surface area contributed by atoms with Crippen LogP contribution in [0, 0.1) is 0 Å². The molecule has 88 valence electrons. The highest BCUT2D eigenvalue weighted by Crippen LogP contribution is 2.21. The third kappa shape index (κ3) is 3.43. The van der Waals surface area contributed by atoms with Crippen LogP contribution >= 0.6 is 0 Å². The summed E-state index contributed by atoms with van der Waals surface area (Å²) in [7, 11) is -1.69. The van der Waals surface area contributed by atoms with Gasteiger partial charge in [0.05, 0.1) is 5.60 Å². The summed E-state index contributed by atoms with van der Waals surface area (Å²) in [6, 6.07) is 6.60. The third-order valence-corrected chi connectivity index (χ3v) is 3.03. The molecule has 1 aromatic carbocycles. The molecule has 0 heterocycles. The fraction of sp³-hybridized carbons (Fsp3) is 0.364. The van der Waals surface area contributed by atoms with Gasteiger partial charge < -0.3 is 13.7 Å². The Labute approximate surface area is 96.5 Å². The Kier molecular flexibility index (Phi) is 3.83. The summed E-state index contributed by atoms with van der Waals surface area (Å²) in [6.07, 6.45) is 0. The van der Waals surface area contributed by atoms with Gasteiger partial charge in [0.25, 0.3) is 0 Å². The zero-order valence-electron chi connectivity index (χ0n) is 9.43. The number of hydrogen-bond acceptors (Lipinski definition) is 4. The van der Waals surface area contributed by atoms with E-state index < -0.39 is 22.1 Å². The molecule has 0 aromatic heterocycles. The minimum absolute atomic E-state index is 0.412. The molecule has 0 aliphatic heterocycles. The van der Waals surface area contributed by atoms with E-state index in [0.717, 1.165) is 0 Å². The van der Waals surface area contributed by atoms with Crippen molar-refractivity contribution >= 4 is 16.5 Å². The second kappa shape index (κ2) is 4.76. The Balaban J connectivity index is 3.19. The maximum absolute atomic E-state index is 11.6. The summed E-state index contributed by atoms with van der Waals surface area (Å²) in [6.45, 7) is 4.52. The van der Waals surface area contributed by atoms with E-state index in [-0.39, 0.29) is 0 Å². The van der Waals surface area contributed by atoms with Gasteiger partial charge in [-0.2, -0.15) is 10.6 Å². The Morgan fingerprint density at radius 2 is 2.06 bits per heavy atom. The van der Waals surface area contributed by atoms with Crippen molar-refractivity contribution in [2.24, 2.45) is 4.36 Å². The summed E-state index contributed by atoms with van der Waals surface area (Å²) < 4.78 is 15.0. The van der Waals surface area contributed by atoms with Crippen molar-refractivity contribution in [3.63, 3.8) is 0 Å². The van der Waals surface area contributed by atoms with Gasteiger partial charge in [-0.05, 0) is 19.4 Å². The van der Waals surface area contributed by atoms with Crippen molar-refractivity contribution in [1.82, 2.24) is 0 Å². The lowest BCUT2D eigenvalue weighted by molar-refractivity contribution is -0.115. The molecule has 0 radical (unpaired) electrons. The van der Waals surface area contributed by atoms with Crippen molar-refractivity contribution in [2.75, 3.05) is 0 Å². The molecular formula is C11H14NO3S-. The largest absolute Gasteiger partial charge is 0.440 e. The molecule has 1 rings (SSSR count). The molecule has 0 aliphatic carbocycles. The highest BCUT2D eigenvalue weighted by atomic mass is 32.2. The summed E-state index contributed by atoms with van der Waals surface area (Å²) in [5, 5.41) is 9.78. The fourth-order valence-corrected chi connectivity index (χ4v) is 1.92. The molecule has 0 fully saturated rings. The highest BCUT2D eigenvalue weighted by Gasteiger charge is 2.14. The number of carbonyl (C=O) groups excluding carboxylic acids is 1. The quantitative estimate of drug-likeness (QED) is 0.804. The smallest absolute Gasteiger partial charge is 0.219 e. The molecule has 0 bridgehead atoms. The van der Waals surface area contributed by atoms with Gasteiger partial charge in [-0.15, -0.1) is 0 Å². The second-order valence-corrected chi connectivity index (χ2v) is 5.10. The number of hydrogen-bond donors (Lipinski definition) is 1. The Hall–Kier alpha value is -1.20. The summed E-state index contributed by atoms with van der Waals surface area (Å²) >= 11 is 0. The molecule has 16 heavy (non-hydrogen) atoms. The predicted molar refractivity (Wildman–Crippen MR) is 61.1 cm³/mol. The minimum Gasteiger partial charge on any atom is -0.440 e. The van der Waals surface area contributed by atoms with Gasteiger partial charge in [-0.1, -0.05) is 29.2 Å². The highest BCUT2D eigenvalue weighted by molar-refractivity contribution is 7.75. The van der Waals surface area contributed by atoms with Gasteiger partial charge in [0, 0.05) is 6.92 Å². The van der Waals surface area contributed by atoms with Crippen molar-refractivity contribution in [3.8, 4) is 0 Å². The average Bonchev–Trinajstić information content (AvgIpc) is 2.15. The van der Waals surface area contributed by atoms with Crippen LogP contribution in [0.15, 0.2) is 33.5 Å². The number of amides is 1. The van der Waals surface area contributed by atoms with E-state index in [1.807, 2.05) is 0 Å². The van der Waals surface area contributed by atoms with Crippen LogP contribution in [-0.2, 0) is 25.2 Å². The van der Waals surface area contributed by atoms with Crippen LogP contribution in [0.2, 0.25) is 0 Å². The Bertz CT molecular complexity index is 482. The van der Waals surface area contributed by atoms with Crippen LogP contribution in [-0.4, -0.2) is 11.0 Å². The fourth-order valence-electron chi connectivity index (χ4n) is 1.15. The first-order valence-corrected chi connectivity index (χ1v) is 5.88. The molecule has 1 aromatic rings. The van der Waals surface area contributed by atoms with Gasteiger partial charge in [-0.25, -0.2) is 0 Å². The van der Waals surface area contributed by atoms with E-state index in [1.54, 1.807) is 38.1 Å². The maximum Gasteiger partial charge on any atom is 0.219 e. The third-order valence-electron chi connectivity index (χ3n) is 1.95. The SMILES string of the molecule is CC(=O)N=[S-](=O)c1cccc(C(C)(C)O)c1. The van der Waals surface area contributed by atoms with E-state index in [9.17, 15) is 14.1 Å². The lowest BCUT2D eigenvalue weighted by atomic mass is 9.99. The van der Waals surface area contributed by atoms with Crippen LogP contribution < -0.4 is 0 Å². The Morgan fingerprint density at radius 3 is 2.56 bits per heavy atom. The standard InChI is InChI=1S/C11H14NO3S/c1-8(13)12-16(15)10-6-4-5-9(7-10)11(2,3)14/h4-7,14H,1-3H3/q-1. The topological polar surface area (TPSA) is 66.7 Å².